The van der Waals surface area contributed by atoms with Crippen molar-refractivity contribution in [2.75, 3.05) is 18.6 Å². The molecule has 1 aliphatic heterocycles. The van der Waals surface area contributed by atoms with Crippen LogP contribution in [-0.2, 0) is 9.47 Å². The van der Waals surface area contributed by atoms with E-state index in [1.54, 1.807) is 18.3 Å². The van der Waals surface area contributed by atoms with Crippen LogP contribution in [0.15, 0.2) is 18.3 Å². The van der Waals surface area contributed by atoms with Crippen LogP contribution in [0.4, 0.5) is 5.69 Å². The lowest BCUT2D eigenvalue weighted by Crippen LogP contribution is -2.59. The summed E-state index contributed by atoms with van der Waals surface area (Å²) in [5.41, 5.74) is 6.25. The molecule has 6 heteroatoms. The van der Waals surface area contributed by atoms with Crippen molar-refractivity contribution < 1.29 is 14.3 Å². The van der Waals surface area contributed by atoms with Crippen LogP contribution >= 0.6 is 0 Å². The minimum absolute atomic E-state index is 0.0632. The Morgan fingerprint density at radius 2 is 2.25 bits per heavy atom. The molecule has 110 valence electrons. The minimum Gasteiger partial charge on any atom is -0.455 e. The molecule has 20 heavy (non-hydrogen) atoms. The summed E-state index contributed by atoms with van der Waals surface area (Å²) in [6, 6.07) is 3.51. The molecule has 1 aliphatic rings. The van der Waals surface area contributed by atoms with Crippen molar-refractivity contribution in [1.29, 1.82) is 0 Å². The van der Waals surface area contributed by atoms with E-state index in [4.69, 9.17) is 15.2 Å². The molecule has 6 nitrogen and oxygen atoms in total. The van der Waals surface area contributed by atoms with E-state index in [0.29, 0.717) is 12.3 Å². The molecule has 2 atom stereocenters. The van der Waals surface area contributed by atoms with E-state index in [1.165, 1.54) is 0 Å². The van der Waals surface area contributed by atoms with Gasteiger partial charge in [-0.05, 0) is 32.9 Å². The molecule has 0 spiro atoms. The number of rotatable bonds is 3. The summed E-state index contributed by atoms with van der Waals surface area (Å²) in [4.78, 5) is 18.2. The lowest BCUT2D eigenvalue weighted by atomic mass is 10.1. The van der Waals surface area contributed by atoms with Gasteiger partial charge in [0, 0.05) is 13.2 Å². The number of nitrogens with zero attached hydrogens (tertiary/aromatic N) is 2. The van der Waals surface area contributed by atoms with E-state index in [-0.39, 0.29) is 18.0 Å². The predicted molar refractivity (Wildman–Crippen MR) is 75.5 cm³/mol. The van der Waals surface area contributed by atoms with Gasteiger partial charge in [-0.15, -0.1) is 0 Å². The van der Waals surface area contributed by atoms with Crippen LogP contribution in [0.1, 0.15) is 31.3 Å². The predicted octanol–water partition coefficient (Wildman–Crippen LogP) is 1.16. The van der Waals surface area contributed by atoms with Crippen molar-refractivity contribution in [2.24, 2.45) is 5.73 Å². The number of nitrogens with two attached hydrogens (primary N) is 1. The van der Waals surface area contributed by atoms with Crippen molar-refractivity contribution in [3.8, 4) is 0 Å². The molecule has 1 aromatic rings. The third kappa shape index (κ3) is 3.08. The molecule has 0 amide bonds. The largest absolute Gasteiger partial charge is 0.455 e. The zero-order chi connectivity index (χ0) is 14.9. The molecule has 2 heterocycles. The molecule has 0 radical (unpaired) electrons. The highest BCUT2D eigenvalue weighted by Gasteiger charge is 2.34. The first-order chi connectivity index (χ1) is 9.29. The minimum atomic E-state index is -0.562. The Bertz CT molecular complexity index is 499. The molecule has 0 saturated carbocycles. The lowest BCUT2D eigenvalue weighted by molar-refractivity contribution is -0.0704. The third-order valence-corrected chi connectivity index (χ3v) is 2.97. The van der Waals surface area contributed by atoms with Crippen LogP contribution in [0.5, 0.6) is 0 Å². The van der Waals surface area contributed by atoms with E-state index in [9.17, 15) is 4.79 Å². The first-order valence-electron chi connectivity index (χ1n) is 6.58. The summed E-state index contributed by atoms with van der Waals surface area (Å²) in [5, 5.41) is 0. The number of ether oxygens (including phenoxy) is 2. The van der Waals surface area contributed by atoms with Crippen LogP contribution < -0.4 is 10.6 Å². The highest BCUT2D eigenvalue weighted by Crippen LogP contribution is 2.25. The monoisotopic (exact) mass is 279 g/mol. The number of carbonyl (C=O) groups excluding carboxylic acids is 1. The zero-order valence-electron chi connectivity index (χ0n) is 12.3. The van der Waals surface area contributed by atoms with Gasteiger partial charge in [0.1, 0.15) is 11.8 Å². The third-order valence-electron chi connectivity index (χ3n) is 2.97. The zero-order valence-corrected chi connectivity index (χ0v) is 12.3. The van der Waals surface area contributed by atoms with E-state index in [0.717, 1.165) is 0 Å². The Labute approximate surface area is 118 Å². The van der Waals surface area contributed by atoms with Gasteiger partial charge in [-0.1, -0.05) is 0 Å². The Kier molecular flexibility index (Phi) is 3.96. The second-order valence-electron chi connectivity index (χ2n) is 5.87. The van der Waals surface area contributed by atoms with E-state index in [1.807, 2.05) is 32.7 Å². The lowest BCUT2D eigenvalue weighted by Gasteiger charge is -2.41. The van der Waals surface area contributed by atoms with Gasteiger partial charge in [-0.2, -0.15) is 0 Å². The topological polar surface area (TPSA) is 77.7 Å². The summed E-state index contributed by atoms with van der Waals surface area (Å²) in [6.45, 7) is 5.99. The number of likely N-dealkylation sites (N-methyl/N-ethyl adjacent to an activating group) is 1. The Hall–Kier alpha value is -1.66. The van der Waals surface area contributed by atoms with E-state index < -0.39 is 11.6 Å². The first-order valence-corrected chi connectivity index (χ1v) is 6.58. The fourth-order valence-corrected chi connectivity index (χ4v) is 1.99. The van der Waals surface area contributed by atoms with Gasteiger partial charge in [0.15, 0.2) is 5.69 Å². The van der Waals surface area contributed by atoms with Crippen LogP contribution in [0, 0.1) is 0 Å². The molecule has 1 fully saturated rings. The fourth-order valence-electron chi connectivity index (χ4n) is 1.99. The van der Waals surface area contributed by atoms with Crippen molar-refractivity contribution in [3.05, 3.63) is 24.0 Å². The number of carbonyl (C=O) groups is 1. The molecular formula is C14H21N3O3. The van der Waals surface area contributed by atoms with Crippen molar-refractivity contribution >= 4 is 11.7 Å². The second-order valence-corrected chi connectivity index (χ2v) is 5.87. The number of anilines is 1. The Morgan fingerprint density at radius 1 is 1.55 bits per heavy atom. The molecule has 2 rings (SSSR count). The summed E-state index contributed by atoms with van der Waals surface area (Å²) in [5.74, 6) is -0.451. The Morgan fingerprint density at radius 3 is 2.75 bits per heavy atom. The average molecular weight is 279 g/mol. The van der Waals surface area contributed by atoms with Crippen molar-refractivity contribution in [3.63, 3.8) is 0 Å². The average Bonchev–Trinajstić information content (AvgIpc) is 2.35. The van der Waals surface area contributed by atoms with Gasteiger partial charge in [-0.3, -0.25) is 0 Å². The molecule has 0 aromatic carbocycles. The van der Waals surface area contributed by atoms with Gasteiger partial charge in [-0.25, -0.2) is 9.78 Å². The first kappa shape index (κ1) is 14.7. The fraction of sp³-hybridized carbons (Fsp3) is 0.571. The second kappa shape index (κ2) is 5.38. The number of hydrogen-bond donors (Lipinski definition) is 1. The van der Waals surface area contributed by atoms with Crippen LogP contribution in [-0.4, -0.2) is 42.5 Å². The molecule has 0 bridgehead atoms. The van der Waals surface area contributed by atoms with Gasteiger partial charge in [0.25, 0.3) is 0 Å². The quantitative estimate of drug-likeness (QED) is 0.836. The van der Waals surface area contributed by atoms with E-state index in [2.05, 4.69) is 4.98 Å². The van der Waals surface area contributed by atoms with Crippen LogP contribution in [0.2, 0.25) is 0 Å². The maximum atomic E-state index is 12.2. The molecule has 1 saturated heterocycles. The number of hydrogen-bond acceptors (Lipinski definition) is 6. The summed E-state index contributed by atoms with van der Waals surface area (Å²) in [6.07, 6.45) is 1.33. The van der Waals surface area contributed by atoms with Gasteiger partial charge in [0.05, 0.1) is 18.3 Å². The van der Waals surface area contributed by atoms with E-state index >= 15 is 0 Å². The number of pyridine rings is 1. The normalized spacial score (nSPS) is 22.1. The van der Waals surface area contributed by atoms with Crippen molar-refractivity contribution in [1.82, 2.24) is 4.98 Å². The molecular weight excluding hydrogens is 258 g/mol. The highest BCUT2D eigenvalue weighted by atomic mass is 16.6. The molecule has 0 aliphatic carbocycles. The smallest absolute Gasteiger partial charge is 0.359 e. The molecule has 1 aromatic heterocycles. The number of esters is 1. The van der Waals surface area contributed by atoms with Gasteiger partial charge < -0.3 is 20.1 Å². The van der Waals surface area contributed by atoms with Crippen LogP contribution in [0.3, 0.4) is 0 Å². The molecule has 1 unspecified atom stereocenters. The number of aromatic nitrogens is 1. The van der Waals surface area contributed by atoms with Crippen molar-refractivity contribution in [2.45, 2.75) is 38.6 Å². The maximum absolute atomic E-state index is 12.2. The summed E-state index contributed by atoms with van der Waals surface area (Å²) >= 11 is 0. The van der Waals surface area contributed by atoms with Gasteiger partial charge >= 0.3 is 5.97 Å². The van der Waals surface area contributed by atoms with Gasteiger partial charge in [0.2, 0.25) is 0 Å². The summed E-state index contributed by atoms with van der Waals surface area (Å²) in [7, 11) is 1.83. The standard InChI is InChI=1S/C14H21N3O3/c1-14(2,3)20-13(18)11-10(6-5-7-16-11)17(4)12-9(15)8-19-12/h5-7,9,12H,8,15H2,1-4H3/t9?,12-/m0/s1. The maximum Gasteiger partial charge on any atom is 0.359 e. The molecule has 2 N–H and O–H groups in total. The Balaban J connectivity index is 2.24. The summed E-state index contributed by atoms with van der Waals surface area (Å²) < 4.78 is 10.8. The highest BCUT2D eigenvalue weighted by molar-refractivity contribution is 5.93. The van der Waals surface area contributed by atoms with Crippen LogP contribution in [0.25, 0.3) is 0 Å². The SMILES string of the molecule is CN(c1cccnc1C(=O)OC(C)(C)C)[C@H]1OCC1N.